The normalized spacial score (nSPS) is 12.1. The van der Waals surface area contributed by atoms with E-state index in [4.69, 9.17) is 0 Å². The highest BCUT2D eigenvalue weighted by Gasteiger charge is 2.22. The molecule has 1 amide bonds. The highest BCUT2D eigenvalue weighted by atomic mass is 32.1. The highest BCUT2D eigenvalue weighted by Crippen LogP contribution is 2.15. The van der Waals surface area contributed by atoms with Gasteiger partial charge in [0.2, 0.25) is 5.91 Å². The Kier molecular flexibility index (Phi) is 7.23. The summed E-state index contributed by atoms with van der Waals surface area (Å²) in [6, 6.07) is 9.68. The first-order valence-electron chi connectivity index (χ1n) is 8.07. The van der Waals surface area contributed by atoms with Crippen LogP contribution >= 0.6 is 11.3 Å². The van der Waals surface area contributed by atoms with Gasteiger partial charge in [-0.05, 0) is 42.8 Å². The topological polar surface area (TPSA) is 53.4 Å². The number of aromatic nitrogens is 1. The lowest BCUT2D eigenvalue weighted by Gasteiger charge is -2.30. The van der Waals surface area contributed by atoms with Gasteiger partial charge in [-0.2, -0.15) is 0 Å². The number of aryl methyl sites for hydroxylation is 1. The largest absolute Gasteiger partial charge is 0.394 e. The van der Waals surface area contributed by atoms with Crippen molar-refractivity contribution in [3.63, 3.8) is 0 Å². The van der Waals surface area contributed by atoms with Crippen molar-refractivity contribution in [2.45, 2.75) is 45.2 Å². The SMILES string of the molecule is CCC(CO)N(Cc1ccccn1)C(=O)CCCc1cccs1. The van der Waals surface area contributed by atoms with Gasteiger partial charge in [0.25, 0.3) is 0 Å². The van der Waals surface area contributed by atoms with Crippen molar-refractivity contribution in [1.82, 2.24) is 9.88 Å². The number of rotatable bonds is 9. The Hall–Kier alpha value is -1.72. The van der Waals surface area contributed by atoms with Gasteiger partial charge in [0, 0.05) is 17.5 Å². The van der Waals surface area contributed by atoms with Gasteiger partial charge >= 0.3 is 0 Å². The minimum absolute atomic E-state index is 0.0139. The number of carbonyl (C=O) groups excluding carboxylic acids is 1. The van der Waals surface area contributed by atoms with Crippen molar-refractivity contribution in [2.24, 2.45) is 0 Å². The van der Waals surface area contributed by atoms with E-state index < -0.39 is 0 Å². The molecule has 0 aliphatic rings. The Balaban J connectivity index is 1.96. The maximum absolute atomic E-state index is 12.6. The van der Waals surface area contributed by atoms with E-state index in [9.17, 15) is 9.90 Å². The number of aliphatic hydroxyl groups is 1. The van der Waals surface area contributed by atoms with Crippen LogP contribution in [0.2, 0.25) is 0 Å². The predicted octanol–water partition coefficient (Wildman–Crippen LogP) is 3.27. The lowest BCUT2D eigenvalue weighted by Crippen LogP contribution is -2.41. The van der Waals surface area contributed by atoms with Crippen LogP contribution in [0.15, 0.2) is 41.9 Å². The number of aliphatic hydroxyl groups excluding tert-OH is 1. The zero-order valence-corrected chi connectivity index (χ0v) is 14.3. The van der Waals surface area contributed by atoms with Gasteiger partial charge in [-0.3, -0.25) is 9.78 Å². The van der Waals surface area contributed by atoms with E-state index in [0.717, 1.165) is 25.0 Å². The van der Waals surface area contributed by atoms with Crippen molar-refractivity contribution in [3.05, 3.63) is 52.5 Å². The van der Waals surface area contributed by atoms with Gasteiger partial charge in [-0.25, -0.2) is 0 Å². The fourth-order valence-corrected chi connectivity index (χ4v) is 3.30. The second kappa shape index (κ2) is 9.43. The summed E-state index contributed by atoms with van der Waals surface area (Å²) in [5.41, 5.74) is 0.853. The average Bonchev–Trinajstić information content (AvgIpc) is 3.09. The maximum Gasteiger partial charge on any atom is 0.223 e. The first-order valence-corrected chi connectivity index (χ1v) is 8.95. The van der Waals surface area contributed by atoms with Gasteiger partial charge in [-0.15, -0.1) is 11.3 Å². The maximum atomic E-state index is 12.6. The van der Waals surface area contributed by atoms with Gasteiger partial charge < -0.3 is 10.0 Å². The molecule has 2 heterocycles. The van der Waals surface area contributed by atoms with E-state index in [1.807, 2.05) is 31.2 Å². The van der Waals surface area contributed by atoms with Crippen molar-refractivity contribution < 1.29 is 9.90 Å². The van der Waals surface area contributed by atoms with Gasteiger partial charge in [0.1, 0.15) is 0 Å². The lowest BCUT2D eigenvalue weighted by atomic mass is 10.1. The summed E-state index contributed by atoms with van der Waals surface area (Å²) < 4.78 is 0. The molecule has 1 N–H and O–H groups in total. The number of hydrogen-bond donors (Lipinski definition) is 1. The van der Waals surface area contributed by atoms with E-state index in [-0.39, 0.29) is 18.6 Å². The highest BCUT2D eigenvalue weighted by molar-refractivity contribution is 7.09. The van der Waals surface area contributed by atoms with Crippen LogP contribution in [-0.2, 0) is 17.8 Å². The summed E-state index contributed by atoms with van der Waals surface area (Å²) in [7, 11) is 0. The molecule has 0 aromatic carbocycles. The second-order valence-electron chi connectivity index (χ2n) is 5.52. The molecule has 1 unspecified atom stereocenters. The molecule has 0 bridgehead atoms. The minimum atomic E-state index is -0.147. The number of pyridine rings is 1. The molecule has 0 radical (unpaired) electrons. The smallest absolute Gasteiger partial charge is 0.223 e. The van der Waals surface area contributed by atoms with Crippen LogP contribution in [0, 0.1) is 0 Å². The first-order chi connectivity index (χ1) is 11.2. The van der Waals surface area contributed by atoms with Crippen LogP contribution in [0.5, 0.6) is 0 Å². The Morgan fingerprint density at radius 1 is 1.35 bits per heavy atom. The van der Waals surface area contributed by atoms with E-state index in [1.165, 1.54) is 4.88 Å². The third kappa shape index (κ3) is 5.44. The van der Waals surface area contributed by atoms with Crippen molar-refractivity contribution in [1.29, 1.82) is 0 Å². The average molecular weight is 332 g/mol. The van der Waals surface area contributed by atoms with Crippen LogP contribution < -0.4 is 0 Å². The zero-order valence-electron chi connectivity index (χ0n) is 13.5. The van der Waals surface area contributed by atoms with Crippen LogP contribution in [-0.4, -0.2) is 33.5 Å². The van der Waals surface area contributed by atoms with Crippen molar-refractivity contribution in [3.8, 4) is 0 Å². The summed E-state index contributed by atoms with van der Waals surface area (Å²) in [5.74, 6) is 0.0908. The summed E-state index contributed by atoms with van der Waals surface area (Å²) in [6.07, 6.45) is 4.73. The molecule has 0 aliphatic carbocycles. The molecule has 0 saturated carbocycles. The zero-order chi connectivity index (χ0) is 16.5. The Morgan fingerprint density at radius 2 is 2.22 bits per heavy atom. The molecule has 124 valence electrons. The quantitative estimate of drug-likeness (QED) is 0.767. The molecule has 0 spiro atoms. The molecule has 0 saturated heterocycles. The van der Waals surface area contributed by atoms with E-state index in [1.54, 1.807) is 22.4 Å². The van der Waals surface area contributed by atoms with Gasteiger partial charge in [-0.1, -0.05) is 19.1 Å². The number of carbonyl (C=O) groups is 1. The number of hydrogen-bond acceptors (Lipinski definition) is 4. The van der Waals surface area contributed by atoms with Crippen LogP contribution in [0.4, 0.5) is 0 Å². The molecule has 0 aliphatic heterocycles. The Morgan fingerprint density at radius 3 is 2.83 bits per heavy atom. The summed E-state index contributed by atoms with van der Waals surface area (Å²) >= 11 is 1.73. The molecule has 4 nitrogen and oxygen atoms in total. The summed E-state index contributed by atoms with van der Waals surface area (Å²) in [4.78, 5) is 20.0. The molecule has 0 fully saturated rings. The Labute approximate surface area is 141 Å². The minimum Gasteiger partial charge on any atom is -0.394 e. The van der Waals surface area contributed by atoms with Gasteiger partial charge in [0.05, 0.1) is 24.9 Å². The van der Waals surface area contributed by atoms with E-state index >= 15 is 0 Å². The van der Waals surface area contributed by atoms with Crippen LogP contribution in [0.25, 0.3) is 0 Å². The first kappa shape index (κ1) is 17.6. The molecular formula is C18H24N2O2S. The third-order valence-electron chi connectivity index (χ3n) is 3.90. The van der Waals surface area contributed by atoms with Crippen LogP contribution in [0.1, 0.15) is 36.8 Å². The molecule has 2 aromatic rings. The van der Waals surface area contributed by atoms with E-state index in [2.05, 4.69) is 16.4 Å². The summed E-state index contributed by atoms with van der Waals surface area (Å²) in [6.45, 7) is 2.43. The fourth-order valence-electron chi connectivity index (χ4n) is 2.55. The molecule has 2 aromatic heterocycles. The monoisotopic (exact) mass is 332 g/mol. The van der Waals surface area contributed by atoms with Gasteiger partial charge in [0.15, 0.2) is 0 Å². The molecule has 2 rings (SSSR count). The number of amides is 1. The van der Waals surface area contributed by atoms with Crippen LogP contribution in [0.3, 0.4) is 0 Å². The molecule has 1 atom stereocenters. The third-order valence-corrected chi connectivity index (χ3v) is 4.83. The predicted molar refractivity (Wildman–Crippen MR) is 93.2 cm³/mol. The van der Waals surface area contributed by atoms with Crippen molar-refractivity contribution in [2.75, 3.05) is 6.61 Å². The second-order valence-corrected chi connectivity index (χ2v) is 6.55. The standard InChI is InChI=1S/C18H24N2O2S/c1-2-16(14-21)20(13-15-7-3-4-11-19-15)18(22)10-5-8-17-9-6-12-23-17/h3-4,6-7,9,11-12,16,21H,2,5,8,10,13-14H2,1H3. The summed E-state index contributed by atoms with van der Waals surface area (Å²) in [5, 5.41) is 11.6. The number of thiophene rings is 1. The Bertz CT molecular complexity index is 568. The fraction of sp³-hybridized carbons (Fsp3) is 0.444. The molecular weight excluding hydrogens is 308 g/mol. The number of nitrogens with zero attached hydrogens (tertiary/aromatic N) is 2. The lowest BCUT2D eigenvalue weighted by molar-refractivity contribution is -0.135. The van der Waals surface area contributed by atoms with E-state index in [0.29, 0.717) is 13.0 Å². The molecule has 5 heteroatoms. The molecule has 23 heavy (non-hydrogen) atoms. The van der Waals surface area contributed by atoms with Crippen molar-refractivity contribution >= 4 is 17.2 Å².